The Kier molecular flexibility index (Phi) is 3.36. The number of nitrogen functional groups attached to an aromatic ring is 1. The van der Waals surface area contributed by atoms with Crippen LogP contribution in [0.1, 0.15) is 17.8 Å². The van der Waals surface area contributed by atoms with Crippen LogP contribution in [0.5, 0.6) is 5.75 Å². The molecule has 2 N–H and O–H groups in total. The number of anilines is 1. The van der Waals surface area contributed by atoms with Gasteiger partial charge in [-0.2, -0.15) is 0 Å². The number of nitrogens with zero attached hydrogens (tertiary/aromatic N) is 2. The first kappa shape index (κ1) is 13.0. The van der Waals surface area contributed by atoms with Crippen molar-refractivity contribution in [1.29, 1.82) is 0 Å². The van der Waals surface area contributed by atoms with Gasteiger partial charge in [0.15, 0.2) is 0 Å². The van der Waals surface area contributed by atoms with Crippen LogP contribution in [-0.2, 0) is 6.42 Å². The van der Waals surface area contributed by atoms with Gasteiger partial charge in [0, 0.05) is 17.3 Å². The molecule has 1 aromatic carbocycles. The van der Waals surface area contributed by atoms with Crippen molar-refractivity contribution in [3.8, 4) is 5.75 Å². The van der Waals surface area contributed by atoms with Crippen molar-refractivity contribution < 1.29 is 4.74 Å². The summed E-state index contributed by atoms with van der Waals surface area (Å²) in [7, 11) is 1.65. The van der Waals surface area contributed by atoms with Gasteiger partial charge in [0.1, 0.15) is 11.3 Å². The second-order valence-corrected chi connectivity index (χ2v) is 5.83. The van der Waals surface area contributed by atoms with E-state index in [9.17, 15) is 0 Å². The van der Waals surface area contributed by atoms with Gasteiger partial charge in [-0.05, 0) is 30.5 Å². The van der Waals surface area contributed by atoms with E-state index in [1.54, 1.807) is 18.4 Å². The van der Waals surface area contributed by atoms with Gasteiger partial charge >= 0.3 is 0 Å². The SMILES string of the molecule is COc1cccc2c1nc(N)n2C(C)Cc1cccs1. The molecule has 3 aromatic rings. The number of aromatic nitrogens is 2. The summed E-state index contributed by atoms with van der Waals surface area (Å²) >= 11 is 1.77. The molecule has 0 spiro atoms. The van der Waals surface area contributed by atoms with Gasteiger partial charge < -0.3 is 15.0 Å². The van der Waals surface area contributed by atoms with E-state index in [4.69, 9.17) is 10.5 Å². The third-order valence-corrected chi connectivity index (χ3v) is 4.35. The molecule has 0 radical (unpaired) electrons. The molecule has 0 amide bonds. The lowest BCUT2D eigenvalue weighted by atomic mass is 10.2. The fourth-order valence-corrected chi connectivity index (χ4v) is 3.37. The number of benzene rings is 1. The highest BCUT2D eigenvalue weighted by Gasteiger charge is 2.17. The Morgan fingerprint density at radius 3 is 2.90 bits per heavy atom. The van der Waals surface area contributed by atoms with E-state index in [-0.39, 0.29) is 6.04 Å². The fraction of sp³-hybridized carbons (Fsp3) is 0.267. The highest BCUT2D eigenvalue weighted by atomic mass is 32.1. The van der Waals surface area contributed by atoms with Crippen LogP contribution in [-0.4, -0.2) is 16.7 Å². The third kappa shape index (κ3) is 2.14. The van der Waals surface area contributed by atoms with Crippen molar-refractivity contribution in [1.82, 2.24) is 9.55 Å². The molecule has 0 aliphatic carbocycles. The standard InChI is InChI=1S/C15H17N3OS/c1-10(9-11-5-4-8-20-11)18-12-6-3-7-13(19-2)14(12)17-15(18)16/h3-8,10H,9H2,1-2H3,(H2,16,17). The van der Waals surface area contributed by atoms with Gasteiger partial charge in [0.25, 0.3) is 0 Å². The minimum atomic E-state index is 0.255. The van der Waals surface area contributed by atoms with E-state index in [2.05, 4.69) is 34.0 Å². The average molecular weight is 287 g/mol. The van der Waals surface area contributed by atoms with Crippen LogP contribution in [0.2, 0.25) is 0 Å². The minimum absolute atomic E-state index is 0.255. The van der Waals surface area contributed by atoms with Gasteiger partial charge in [-0.15, -0.1) is 11.3 Å². The Morgan fingerprint density at radius 2 is 2.20 bits per heavy atom. The van der Waals surface area contributed by atoms with E-state index in [0.717, 1.165) is 23.2 Å². The maximum atomic E-state index is 6.11. The molecule has 5 heteroatoms. The maximum absolute atomic E-state index is 6.11. The molecule has 0 fully saturated rings. The summed E-state index contributed by atoms with van der Waals surface area (Å²) in [6.45, 7) is 2.16. The fourth-order valence-electron chi connectivity index (χ4n) is 2.55. The Hall–Kier alpha value is -2.01. The number of imidazole rings is 1. The number of nitrogens with two attached hydrogens (primary N) is 1. The van der Waals surface area contributed by atoms with E-state index < -0.39 is 0 Å². The first-order chi connectivity index (χ1) is 9.70. The summed E-state index contributed by atoms with van der Waals surface area (Å²) in [4.78, 5) is 5.80. The Labute approximate surface area is 121 Å². The summed E-state index contributed by atoms with van der Waals surface area (Å²) < 4.78 is 7.43. The van der Waals surface area contributed by atoms with Gasteiger partial charge in [-0.3, -0.25) is 0 Å². The molecule has 1 unspecified atom stereocenters. The zero-order chi connectivity index (χ0) is 14.1. The van der Waals surface area contributed by atoms with Crippen molar-refractivity contribution in [3.05, 3.63) is 40.6 Å². The number of thiophene rings is 1. The predicted molar refractivity (Wildman–Crippen MR) is 83.4 cm³/mol. The smallest absolute Gasteiger partial charge is 0.201 e. The Bertz CT molecular complexity index is 718. The number of methoxy groups -OCH3 is 1. The van der Waals surface area contributed by atoms with Crippen LogP contribution in [0, 0.1) is 0 Å². The first-order valence-electron chi connectivity index (χ1n) is 6.53. The molecular weight excluding hydrogens is 270 g/mol. The van der Waals surface area contributed by atoms with Gasteiger partial charge in [0.2, 0.25) is 5.95 Å². The van der Waals surface area contributed by atoms with Crippen LogP contribution in [0.4, 0.5) is 5.95 Å². The molecule has 0 aliphatic rings. The normalized spacial score (nSPS) is 12.7. The largest absolute Gasteiger partial charge is 0.494 e. The number of hydrogen-bond donors (Lipinski definition) is 1. The van der Waals surface area contributed by atoms with Crippen LogP contribution >= 0.6 is 11.3 Å². The molecule has 1 atom stereocenters. The van der Waals surface area contributed by atoms with Gasteiger partial charge in [0.05, 0.1) is 12.6 Å². The van der Waals surface area contributed by atoms with Gasteiger partial charge in [-0.1, -0.05) is 12.1 Å². The van der Waals surface area contributed by atoms with E-state index in [1.807, 2.05) is 18.2 Å². The molecule has 2 aromatic heterocycles. The molecule has 0 saturated carbocycles. The molecule has 0 saturated heterocycles. The van der Waals surface area contributed by atoms with Crippen molar-refractivity contribution in [2.45, 2.75) is 19.4 Å². The number of ether oxygens (including phenoxy) is 1. The first-order valence-corrected chi connectivity index (χ1v) is 7.41. The number of fused-ring (bicyclic) bond motifs is 1. The quantitative estimate of drug-likeness (QED) is 0.799. The van der Waals surface area contributed by atoms with Crippen molar-refractivity contribution in [3.63, 3.8) is 0 Å². The predicted octanol–water partition coefficient (Wildman–Crippen LogP) is 3.49. The van der Waals surface area contributed by atoms with Gasteiger partial charge in [-0.25, -0.2) is 4.98 Å². The van der Waals surface area contributed by atoms with Crippen LogP contribution in [0.25, 0.3) is 11.0 Å². The molecular formula is C15H17N3OS. The van der Waals surface area contributed by atoms with E-state index in [0.29, 0.717) is 5.95 Å². The lowest BCUT2D eigenvalue weighted by Crippen LogP contribution is -2.10. The Balaban J connectivity index is 2.04. The summed E-state index contributed by atoms with van der Waals surface area (Å²) in [5.41, 5.74) is 7.95. The topological polar surface area (TPSA) is 53.1 Å². The lowest BCUT2D eigenvalue weighted by Gasteiger charge is -2.15. The van der Waals surface area contributed by atoms with E-state index >= 15 is 0 Å². The Morgan fingerprint density at radius 1 is 1.35 bits per heavy atom. The highest BCUT2D eigenvalue weighted by molar-refractivity contribution is 7.09. The van der Waals surface area contributed by atoms with Crippen LogP contribution in [0.15, 0.2) is 35.7 Å². The van der Waals surface area contributed by atoms with Crippen LogP contribution < -0.4 is 10.5 Å². The molecule has 4 nitrogen and oxygen atoms in total. The van der Waals surface area contributed by atoms with Crippen LogP contribution in [0.3, 0.4) is 0 Å². The number of rotatable bonds is 4. The molecule has 104 valence electrons. The lowest BCUT2D eigenvalue weighted by molar-refractivity contribution is 0.419. The monoisotopic (exact) mass is 287 g/mol. The molecule has 20 heavy (non-hydrogen) atoms. The molecule has 0 aliphatic heterocycles. The summed E-state index contributed by atoms with van der Waals surface area (Å²) in [5, 5.41) is 2.10. The third-order valence-electron chi connectivity index (χ3n) is 3.45. The summed E-state index contributed by atoms with van der Waals surface area (Å²) in [6, 6.07) is 10.4. The summed E-state index contributed by atoms with van der Waals surface area (Å²) in [6.07, 6.45) is 0.949. The average Bonchev–Trinajstić information content (AvgIpc) is 3.04. The minimum Gasteiger partial charge on any atom is -0.494 e. The number of hydrogen-bond acceptors (Lipinski definition) is 4. The molecule has 2 heterocycles. The zero-order valence-electron chi connectivity index (χ0n) is 11.5. The van der Waals surface area contributed by atoms with Crippen molar-refractivity contribution in [2.75, 3.05) is 12.8 Å². The summed E-state index contributed by atoms with van der Waals surface area (Å²) in [5.74, 6) is 1.30. The highest BCUT2D eigenvalue weighted by Crippen LogP contribution is 2.30. The maximum Gasteiger partial charge on any atom is 0.201 e. The van der Waals surface area contributed by atoms with Crippen molar-refractivity contribution >= 4 is 28.3 Å². The van der Waals surface area contributed by atoms with E-state index in [1.165, 1.54) is 4.88 Å². The zero-order valence-corrected chi connectivity index (χ0v) is 12.4. The second kappa shape index (κ2) is 5.17. The molecule has 3 rings (SSSR count). The second-order valence-electron chi connectivity index (χ2n) is 4.80. The van der Waals surface area contributed by atoms with Crippen molar-refractivity contribution in [2.24, 2.45) is 0 Å². The number of para-hydroxylation sites is 1. The molecule has 0 bridgehead atoms.